The van der Waals surface area contributed by atoms with Crippen molar-refractivity contribution in [2.75, 3.05) is 6.61 Å². The molecule has 0 bridgehead atoms. The van der Waals surface area contributed by atoms with Crippen molar-refractivity contribution in [3.8, 4) is 0 Å². The van der Waals surface area contributed by atoms with Crippen LogP contribution in [0.1, 0.15) is 40.0 Å². The Kier molecular flexibility index (Phi) is 2.91. The van der Waals surface area contributed by atoms with E-state index in [1.807, 2.05) is 13.8 Å². The fourth-order valence-electron chi connectivity index (χ4n) is 7.24. The van der Waals surface area contributed by atoms with Gasteiger partial charge in [-0.05, 0) is 36.7 Å². The number of hydrogen-bond acceptors (Lipinski definition) is 6. The van der Waals surface area contributed by atoms with Crippen LogP contribution in [0.3, 0.4) is 0 Å². The van der Waals surface area contributed by atoms with Crippen molar-refractivity contribution < 1.29 is 29.2 Å². The van der Waals surface area contributed by atoms with Crippen molar-refractivity contribution in [2.24, 2.45) is 17.3 Å². The number of rotatable bonds is 1. The van der Waals surface area contributed by atoms with Crippen LogP contribution >= 0.6 is 11.6 Å². The molecule has 3 heterocycles. The van der Waals surface area contributed by atoms with Crippen molar-refractivity contribution in [2.45, 2.75) is 80.5 Å². The largest absolute Gasteiger partial charge is 0.458 e. The van der Waals surface area contributed by atoms with Gasteiger partial charge in [-0.25, -0.2) is 4.79 Å². The van der Waals surface area contributed by atoms with Crippen LogP contribution in [0.5, 0.6) is 0 Å². The van der Waals surface area contributed by atoms with Gasteiger partial charge in [0.2, 0.25) is 0 Å². The summed E-state index contributed by atoms with van der Waals surface area (Å²) in [6.07, 6.45) is 0.446. The lowest BCUT2D eigenvalue weighted by atomic mass is 9.46. The van der Waals surface area contributed by atoms with Crippen LogP contribution in [0.2, 0.25) is 0 Å². The SMILES string of the molecule is CC(C)[C@]1(O)[C@H](Cl)[C@@H]2O[C@]23C2(O[C@H]2C[C@H]2C4=C(CC[C@@]23C)C(=O)OC4)[C@@H]1O. The van der Waals surface area contributed by atoms with Crippen molar-refractivity contribution in [1.29, 1.82) is 0 Å². The lowest BCUT2D eigenvalue weighted by Gasteiger charge is -2.56. The van der Waals surface area contributed by atoms with Crippen LogP contribution in [-0.2, 0) is 19.0 Å². The molecular formula is C20H25ClO6. The Morgan fingerprint density at radius 3 is 2.74 bits per heavy atom. The number of fused-ring (bicyclic) bond motifs is 2. The van der Waals surface area contributed by atoms with Gasteiger partial charge in [-0.1, -0.05) is 20.8 Å². The second kappa shape index (κ2) is 4.57. The molecule has 148 valence electrons. The normalized spacial score (nSPS) is 60.1. The van der Waals surface area contributed by atoms with E-state index < -0.39 is 28.3 Å². The number of carbonyl (C=O) groups is 1. The van der Waals surface area contributed by atoms with Crippen LogP contribution in [0, 0.1) is 17.3 Å². The maximum absolute atomic E-state index is 12.1. The van der Waals surface area contributed by atoms with E-state index >= 15 is 0 Å². The van der Waals surface area contributed by atoms with E-state index in [-0.39, 0.29) is 35.4 Å². The van der Waals surface area contributed by atoms with Crippen LogP contribution in [0.25, 0.3) is 0 Å². The first kappa shape index (κ1) is 17.2. The zero-order valence-electron chi connectivity index (χ0n) is 15.7. The molecule has 0 aromatic carbocycles. The van der Waals surface area contributed by atoms with Gasteiger partial charge in [-0.2, -0.15) is 0 Å². The molecule has 2 N–H and O–H groups in total. The molecule has 2 spiro atoms. The molecule has 3 aliphatic heterocycles. The van der Waals surface area contributed by atoms with Crippen molar-refractivity contribution >= 4 is 17.6 Å². The minimum Gasteiger partial charge on any atom is -0.458 e. The Morgan fingerprint density at radius 1 is 1.30 bits per heavy atom. The molecular weight excluding hydrogens is 372 g/mol. The topological polar surface area (TPSA) is 91.8 Å². The summed E-state index contributed by atoms with van der Waals surface area (Å²) < 4.78 is 17.9. The molecule has 2 saturated heterocycles. The second-order valence-corrected chi connectivity index (χ2v) is 10.3. The zero-order chi connectivity index (χ0) is 19.1. The van der Waals surface area contributed by atoms with E-state index in [9.17, 15) is 15.0 Å². The third-order valence-corrected chi connectivity index (χ3v) is 9.43. The molecule has 0 aromatic heterocycles. The highest BCUT2D eigenvalue weighted by Crippen LogP contribution is 2.80. The van der Waals surface area contributed by atoms with Crippen molar-refractivity contribution in [3.63, 3.8) is 0 Å². The van der Waals surface area contributed by atoms with Gasteiger partial charge in [0.05, 0.1) is 11.5 Å². The lowest BCUT2D eigenvalue weighted by molar-refractivity contribution is -0.177. The number of aliphatic hydroxyl groups excluding tert-OH is 1. The van der Waals surface area contributed by atoms with Gasteiger partial charge >= 0.3 is 5.97 Å². The highest BCUT2D eigenvalue weighted by atomic mass is 35.5. The van der Waals surface area contributed by atoms with Gasteiger partial charge < -0.3 is 24.4 Å². The summed E-state index contributed by atoms with van der Waals surface area (Å²) in [5, 5.41) is 22.0. The van der Waals surface area contributed by atoms with Crippen LogP contribution in [0.4, 0.5) is 0 Å². The Hall–Kier alpha value is -0.660. The third-order valence-electron chi connectivity index (χ3n) is 8.85. The number of aliphatic hydroxyl groups is 2. The maximum atomic E-state index is 12.1. The van der Waals surface area contributed by atoms with Gasteiger partial charge in [0.1, 0.15) is 30.0 Å². The van der Waals surface area contributed by atoms with E-state index in [2.05, 4.69) is 6.92 Å². The number of esters is 1. The van der Waals surface area contributed by atoms with E-state index in [4.69, 9.17) is 25.8 Å². The maximum Gasteiger partial charge on any atom is 0.334 e. The summed E-state index contributed by atoms with van der Waals surface area (Å²) in [5.41, 5.74) is -1.51. The molecule has 2 saturated carbocycles. The smallest absolute Gasteiger partial charge is 0.334 e. The van der Waals surface area contributed by atoms with Crippen LogP contribution in [0.15, 0.2) is 11.1 Å². The minimum atomic E-state index is -1.46. The van der Waals surface area contributed by atoms with E-state index in [0.717, 1.165) is 17.6 Å². The van der Waals surface area contributed by atoms with Crippen molar-refractivity contribution in [1.82, 2.24) is 0 Å². The number of carbonyl (C=O) groups excluding carboxylic acids is 1. The van der Waals surface area contributed by atoms with E-state index in [1.165, 1.54) is 0 Å². The Morgan fingerprint density at radius 2 is 2.04 bits per heavy atom. The summed E-state index contributed by atoms with van der Waals surface area (Å²) in [7, 11) is 0. The first-order chi connectivity index (χ1) is 12.7. The molecule has 6 nitrogen and oxygen atoms in total. The second-order valence-electron chi connectivity index (χ2n) is 9.81. The number of halogens is 1. The molecule has 0 radical (unpaired) electrons. The van der Waals surface area contributed by atoms with Gasteiger partial charge in [0, 0.05) is 11.0 Å². The molecule has 4 fully saturated rings. The van der Waals surface area contributed by atoms with Crippen LogP contribution < -0.4 is 0 Å². The first-order valence-electron chi connectivity index (χ1n) is 9.95. The first-order valence-corrected chi connectivity index (χ1v) is 10.4. The van der Waals surface area contributed by atoms with E-state index in [1.54, 1.807) is 0 Å². The molecule has 6 rings (SSSR count). The molecule has 3 aliphatic carbocycles. The third kappa shape index (κ3) is 1.49. The summed E-state index contributed by atoms with van der Waals surface area (Å²) in [6.45, 7) is 6.26. The van der Waals surface area contributed by atoms with Crippen molar-refractivity contribution in [3.05, 3.63) is 11.1 Å². The highest BCUT2D eigenvalue weighted by molar-refractivity contribution is 6.22. The molecule has 0 amide bonds. The molecule has 27 heavy (non-hydrogen) atoms. The Bertz CT molecular complexity index is 810. The highest BCUT2D eigenvalue weighted by Gasteiger charge is 2.96. The molecule has 6 aliphatic rings. The van der Waals surface area contributed by atoms with Gasteiger partial charge in [-0.15, -0.1) is 11.6 Å². The predicted octanol–water partition coefficient (Wildman–Crippen LogP) is 1.30. The monoisotopic (exact) mass is 396 g/mol. The quantitative estimate of drug-likeness (QED) is 0.394. The summed E-state index contributed by atoms with van der Waals surface area (Å²) in [4.78, 5) is 12.1. The Balaban J connectivity index is 1.50. The van der Waals surface area contributed by atoms with Gasteiger partial charge in [-0.3, -0.25) is 0 Å². The number of ether oxygens (including phenoxy) is 3. The average Bonchev–Trinajstić information content (AvgIpc) is 3.50. The van der Waals surface area contributed by atoms with Crippen LogP contribution in [-0.4, -0.2) is 63.3 Å². The minimum absolute atomic E-state index is 0.111. The van der Waals surface area contributed by atoms with E-state index in [0.29, 0.717) is 19.4 Å². The molecule has 9 atom stereocenters. The number of alkyl halides is 1. The zero-order valence-corrected chi connectivity index (χ0v) is 16.5. The van der Waals surface area contributed by atoms with Gasteiger partial charge in [0.15, 0.2) is 5.60 Å². The number of epoxide rings is 2. The number of hydrogen-bond donors (Lipinski definition) is 2. The summed E-state index contributed by atoms with van der Waals surface area (Å²) in [5.74, 6) is -0.317. The fourth-order valence-corrected chi connectivity index (χ4v) is 7.85. The molecule has 0 aromatic rings. The summed E-state index contributed by atoms with van der Waals surface area (Å²) in [6, 6.07) is 0. The average molecular weight is 397 g/mol. The molecule has 1 unspecified atom stereocenters. The standard InChI is InChI=1S/C20H25ClO6/c1-8(2)18(24)13(21)14-20(27-14)17(3)5-4-9-10(7-25-15(9)22)11(17)6-12-19(20,26-12)16(18)23/h8,11-14,16,23-24H,4-7H2,1-3H3/t11-,12-,13+,14-,16+,17-,18-,19?,20+/m0/s1. The fraction of sp³-hybridized carbons (Fsp3) is 0.850. The van der Waals surface area contributed by atoms with Gasteiger partial charge in [0.25, 0.3) is 0 Å². The summed E-state index contributed by atoms with van der Waals surface area (Å²) >= 11 is 6.75. The Labute approximate surface area is 162 Å². The predicted molar refractivity (Wildman–Crippen MR) is 94.1 cm³/mol. The number of cyclic esters (lactones) is 1. The molecule has 7 heteroatoms. The lowest BCUT2D eigenvalue weighted by Crippen LogP contribution is -2.75.